The van der Waals surface area contributed by atoms with Gasteiger partial charge in [-0.1, -0.05) is 31.2 Å². The summed E-state index contributed by atoms with van der Waals surface area (Å²) in [6.07, 6.45) is 1.25. The average molecular weight is 367 g/mol. The zero-order valence-electron chi connectivity index (χ0n) is 16.1. The third-order valence-electron chi connectivity index (χ3n) is 5.54. The van der Waals surface area contributed by atoms with E-state index in [1.165, 1.54) is 16.7 Å². The van der Waals surface area contributed by atoms with Crippen LogP contribution in [0.1, 0.15) is 34.0 Å². The Morgan fingerprint density at radius 3 is 2.78 bits per heavy atom. The number of hydrogen-bond donors (Lipinski definition) is 3. The summed E-state index contributed by atoms with van der Waals surface area (Å²) < 4.78 is 0. The van der Waals surface area contributed by atoms with E-state index in [2.05, 4.69) is 42.3 Å². The summed E-state index contributed by atoms with van der Waals surface area (Å²) in [5.74, 6) is -0.423. The SMILES string of the molecule is CCN(CCNc1cccc(C(N)=O)c1)C1Cc2c(C)cccc2CC1O. The minimum atomic E-state index is -0.423. The van der Waals surface area contributed by atoms with E-state index in [9.17, 15) is 9.90 Å². The minimum Gasteiger partial charge on any atom is -0.391 e. The second-order valence-electron chi connectivity index (χ2n) is 7.26. The van der Waals surface area contributed by atoms with Crippen LogP contribution in [0.2, 0.25) is 0 Å². The highest BCUT2D eigenvalue weighted by Crippen LogP contribution is 2.27. The monoisotopic (exact) mass is 367 g/mol. The van der Waals surface area contributed by atoms with Gasteiger partial charge in [0.2, 0.25) is 5.91 Å². The second kappa shape index (κ2) is 8.55. The van der Waals surface area contributed by atoms with Crippen molar-refractivity contribution < 1.29 is 9.90 Å². The molecule has 5 heteroatoms. The number of likely N-dealkylation sites (N-methyl/N-ethyl adjacent to an activating group) is 1. The zero-order valence-corrected chi connectivity index (χ0v) is 16.1. The topological polar surface area (TPSA) is 78.6 Å². The lowest BCUT2D eigenvalue weighted by atomic mass is 9.83. The predicted molar refractivity (Wildman–Crippen MR) is 109 cm³/mol. The van der Waals surface area contributed by atoms with Crippen LogP contribution >= 0.6 is 0 Å². The number of aliphatic hydroxyl groups excluding tert-OH is 1. The van der Waals surface area contributed by atoms with Gasteiger partial charge in [0.25, 0.3) is 0 Å². The maximum absolute atomic E-state index is 11.3. The number of fused-ring (bicyclic) bond motifs is 1. The zero-order chi connectivity index (χ0) is 19.4. The van der Waals surface area contributed by atoms with Crippen molar-refractivity contribution >= 4 is 11.6 Å². The van der Waals surface area contributed by atoms with E-state index in [0.717, 1.165) is 31.7 Å². The van der Waals surface area contributed by atoms with Gasteiger partial charge in [-0.2, -0.15) is 0 Å². The second-order valence-corrected chi connectivity index (χ2v) is 7.26. The molecule has 0 aromatic heterocycles. The quantitative estimate of drug-likeness (QED) is 0.702. The van der Waals surface area contributed by atoms with Crippen LogP contribution in [0.3, 0.4) is 0 Å². The largest absolute Gasteiger partial charge is 0.391 e. The molecule has 0 fully saturated rings. The Balaban J connectivity index is 1.63. The Kier molecular flexibility index (Phi) is 6.14. The highest BCUT2D eigenvalue weighted by atomic mass is 16.3. The lowest BCUT2D eigenvalue weighted by Crippen LogP contribution is -2.49. The fraction of sp³-hybridized carbons (Fsp3) is 0.409. The van der Waals surface area contributed by atoms with Crippen molar-refractivity contribution in [2.75, 3.05) is 25.0 Å². The number of nitrogens with one attached hydrogen (secondary N) is 1. The Hall–Kier alpha value is -2.37. The fourth-order valence-corrected chi connectivity index (χ4v) is 4.01. The number of nitrogens with two attached hydrogens (primary N) is 1. The molecular weight excluding hydrogens is 338 g/mol. The summed E-state index contributed by atoms with van der Waals surface area (Å²) in [5, 5.41) is 14.1. The lowest BCUT2D eigenvalue weighted by molar-refractivity contribution is 0.0472. The minimum absolute atomic E-state index is 0.127. The molecule has 144 valence electrons. The Labute approximate surface area is 161 Å². The van der Waals surface area contributed by atoms with E-state index in [-0.39, 0.29) is 12.1 Å². The van der Waals surface area contributed by atoms with Gasteiger partial charge in [0.15, 0.2) is 0 Å². The normalized spacial score (nSPS) is 19.0. The number of aliphatic hydroxyl groups is 1. The first-order valence-electron chi connectivity index (χ1n) is 9.62. The molecule has 27 heavy (non-hydrogen) atoms. The van der Waals surface area contributed by atoms with Crippen LogP contribution in [0.5, 0.6) is 0 Å². The van der Waals surface area contributed by atoms with E-state index in [1.54, 1.807) is 12.1 Å². The molecule has 2 atom stereocenters. The molecule has 1 aliphatic carbocycles. The molecular formula is C22H29N3O2. The molecule has 0 spiro atoms. The number of nitrogens with zero attached hydrogens (tertiary/aromatic N) is 1. The summed E-state index contributed by atoms with van der Waals surface area (Å²) in [6, 6.07) is 13.7. The number of amides is 1. The van der Waals surface area contributed by atoms with E-state index < -0.39 is 5.91 Å². The number of primary amides is 1. The molecule has 2 aromatic carbocycles. The highest BCUT2D eigenvalue weighted by molar-refractivity contribution is 5.93. The van der Waals surface area contributed by atoms with E-state index in [1.807, 2.05) is 12.1 Å². The van der Waals surface area contributed by atoms with Crippen LogP contribution in [0.25, 0.3) is 0 Å². The van der Waals surface area contributed by atoms with Gasteiger partial charge in [-0.25, -0.2) is 0 Å². The van der Waals surface area contributed by atoms with Crippen molar-refractivity contribution in [2.45, 2.75) is 38.8 Å². The molecule has 0 aliphatic heterocycles. The van der Waals surface area contributed by atoms with Crippen molar-refractivity contribution in [3.8, 4) is 0 Å². The van der Waals surface area contributed by atoms with Gasteiger partial charge in [-0.05, 0) is 54.8 Å². The van der Waals surface area contributed by atoms with Crippen molar-refractivity contribution in [2.24, 2.45) is 5.73 Å². The van der Waals surface area contributed by atoms with Crippen molar-refractivity contribution in [1.82, 2.24) is 4.90 Å². The average Bonchev–Trinajstić information content (AvgIpc) is 2.66. The number of carbonyl (C=O) groups excluding carboxylic acids is 1. The fourth-order valence-electron chi connectivity index (χ4n) is 4.01. The van der Waals surface area contributed by atoms with E-state index in [0.29, 0.717) is 12.0 Å². The van der Waals surface area contributed by atoms with Gasteiger partial charge >= 0.3 is 0 Å². The third kappa shape index (κ3) is 4.49. The number of anilines is 1. The molecule has 0 heterocycles. The number of rotatable bonds is 7. The molecule has 0 saturated carbocycles. The number of benzene rings is 2. The van der Waals surface area contributed by atoms with Gasteiger partial charge in [-0.15, -0.1) is 0 Å². The Morgan fingerprint density at radius 1 is 1.26 bits per heavy atom. The van der Waals surface area contributed by atoms with E-state index >= 15 is 0 Å². The molecule has 3 rings (SSSR count). The van der Waals surface area contributed by atoms with Crippen molar-refractivity contribution in [3.63, 3.8) is 0 Å². The van der Waals surface area contributed by atoms with Crippen molar-refractivity contribution in [1.29, 1.82) is 0 Å². The van der Waals surface area contributed by atoms with Gasteiger partial charge in [0.1, 0.15) is 0 Å². The van der Waals surface area contributed by atoms with Crippen LogP contribution in [-0.4, -0.2) is 47.7 Å². The molecule has 0 radical (unpaired) electrons. The van der Waals surface area contributed by atoms with Crippen LogP contribution in [0.4, 0.5) is 5.69 Å². The van der Waals surface area contributed by atoms with Gasteiger partial charge in [0.05, 0.1) is 6.10 Å². The molecule has 1 aliphatic rings. The summed E-state index contributed by atoms with van der Waals surface area (Å²) in [6.45, 7) is 6.72. The molecule has 5 nitrogen and oxygen atoms in total. The molecule has 0 bridgehead atoms. The van der Waals surface area contributed by atoms with E-state index in [4.69, 9.17) is 5.73 Å². The van der Waals surface area contributed by atoms with Gasteiger partial charge < -0.3 is 16.2 Å². The van der Waals surface area contributed by atoms with Gasteiger partial charge in [0, 0.05) is 36.8 Å². The summed E-state index contributed by atoms with van der Waals surface area (Å²) in [4.78, 5) is 13.6. The van der Waals surface area contributed by atoms with Crippen molar-refractivity contribution in [3.05, 3.63) is 64.7 Å². The first kappa shape index (κ1) is 19.4. The maximum Gasteiger partial charge on any atom is 0.248 e. The highest BCUT2D eigenvalue weighted by Gasteiger charge is 2.31. The summed E-state index contributed by atoms with van der Waals surface area (Å²) in [7, 11) is 0. The molecule has 1 amide bonds. The Morgan fingerprint density at radius 2 is 2.04 bits per heavy atom. The molecule has 0 saturated heterocycles. The Bertz CT molecular complexity index is 806. The first-order valence-corrected chi connectivity index (χ1v) is 9.62. The third-order valence-corrected chi connectivity index (χ3v) is 5.54. The number of carbonyl (C=O) groups is 1. The number of hydrogen-bond acceptors (Lipinski definition) is 4. The predicted octanol–water partition coefficient (Wildman–Crippen LogP) is 2.36. The van der Waals surface area contributed by atoms with Crippen LogP contribution in [0, 0.1) is 6.92 Å². The van der Waals surface area contributed by atoms with Crippen LogP contribution < -0.4 is 11.1 Å². The van der Waals surface area contributed by atoms with Crippen LogP contribution in [-0.2, 0) is 12.8 Å². The standard InChI is InChI=1S/C22H29N3O2/c1-3-25(11-10-24-18-9-5-8-17(12-18)22(23)27)20-14-19-15(2)6-4-7-16(19)13-21(20)26/h4-9,12,20-21,24,26H,3,10-11,13-14H2,1-2H3,(H2,23,27). The lowest BCUT2D eigenvalue weighted by Gasteiger charge is -2.38. The summed E-state index contributed by atoms with van der Waals surface area (Å²) in [5.41, 5.74) is 10.7. The molecule has 2 unspecified atom stereocenters. The molecule has 2 aromatic rings. The number of aryl methyl sites for hydroxylation is 1. The maximum atomic E-state index is 11.3. The smallest absolute Gasteiger partial charge is 0.248 e. The van der Waals surface area contributed by atoms with Crippen LogP contribution in [0.15, 0.2) is 42.5 Å². The van der Waals surface area contributed by atoms with Gasteiger partial charge in [-0.3, -0.25) is 9.69 Å². The summed E-state index contributed by atoms with van der Waals surface area (Å²) >= 11 is 0. The first-order chi connectivity index (χ1) is 13.0. The molecule has 4 N–H and O–H groups in total.